The Morgan fingerprint density at radius 2 is 1.82 bits per heavy atom. The SMILES string of the molecule is CCOc1cc(C=[N+]([O-])C2CCCCCCC2)ccc1OC. The van der Waals surface area contributed by atoms with Gasteiger partial charge in [-0.3, -0.25) is 0 Å². The van der Waals surface area contributed by atoms with Crippen molar-refractivity contribution in [3.8, 4) is 11.5 Å². The maximum absolute atomic E-state index is 12.4. The van der Waals surface area contributed by atoms with Crippen LogP contribution in [0.5, 0.6) is 11.5 Å². The number of hydroxylamine groups is 1. The maximum Gasteiger partial charge on any atom is 0.182 e. The Morgan fingerprint density at radius 3 is 2.45 bits per heavy atom. The van der Waals surface area contributed by atoms with E-state index in [4.69, 9.17) is 9.47 Å². The fraction of sp³-hybridized carbons (Fsp3) is 0.611. The average molecular weight is 305 g/mol. The van der Waals surface area contributed by atoms with Crippen molar-refractivity contribution in [3.63, 3.8) is 0 Å². The van der Waals surface area contributed by atoms with Gasteiger partial charge in [-0.15, -0.1) is 0 Å². The standard InChI is InChI=1S/C18H27NO3/c1-3-22-18-13-15(11-12-17(18)21-2)14-19(20)16-9-7-5-4-6-8-10-16/h11-14,16H,3-10H2,1-2H3. The third-order valence-corrected chi connectivity index (χ3v) is 4.20. The van der Waals surface area contributed by atoms with Gasteiger partial charge >= 0.3 is 0 Å². The van der Waals surface area contributed by atoms with Crippen molar-refractivity contribution in [3.05, 3.63) is 29.0 Å². The van der Waals surface area contributed by atoms with E-state index in [9.17, 15) is 5.21 Å². The zero-order valence-electron chi connectivity index (χ0n) is 13.7. The van der Waals surface area contributed by atoms with Crippen LogP contribution in [-0.2, 0) is 0 Å². The number of nitrogens with zero attached hydrogens (tertiary/aromatic N) is 1. The summed E-state index contributed by atoms with van der Waals surface area (Å²) >= 11 is 0. The molecule has 1 fully saturated rings. The minimum absolute atomic E-state index is 0.109. The van der Waals surface area contributed by atoms with Crippen LogP contribution in [0.4, 0.5) is 0 Å². The highest BCUT2D eigenvalue weighted by molar-refractivity contribution is 5.77. The molecule has 1 aromatic rings. The van der Waals surface area contributed by atoms with Crippen LogP contribution >= 0.6 is 0 Å². The molecule has 0 atom stereocenters. The zero-order valence-corrected chi connectivity index (χ0v) is 13.7. The molecule has 0 saturated heterocycles. The van der Waals surface area contributed by atoms with Crippen molar-refractivity contribution >= 4 is 6.21 Å². The van der Waals surface area contributed by atoms with Gasteiger partial charge in [-0.05, 0) is 38.0 Å². The van der Waals surface area contributed by atoms with Crippen LogP contribution in [0.25, 0.3) is 0 Å². The second-order valence-corrected chi connectivity index (χ2v) is 5.83. The number of ether oxygens (including phenoxy) is 2. The molecule has 1 saturated carbocycles. The molecule has 0 spiro atoms. The monoisotopic (exact) mass is 305 g/mol. The lowest BCUT2D eigenvalue weighted by Gasteiger charge is -2.19. The molecule has 4 nitrogen and oxygen atoms in total. The quantitative estimate of drug-likeness (QED) is 0.355. The topological polar surface area (TPSA) is 44.5 Å². The molecule has 0 bridgehead atoms. The third-order valence-electron chi connectivity index (χ3n) is 4.20. The fourth-order valence-corrected chi connectivity index (χ4v) is 2.98. The molecule has 0 aromatic heterocycles. The highest BCUT2D eigenvalue weighted by atomic mass is 16.5. The number of benzene rings is 1. The van der Waals surface area contributed by atoms with Gasteiger partial charge in [-0.2, -0.15) is 0 Å². The summed E-state index contributed by atoms with van der Waals surface area (Å²) in [4.78, 5) is 0. The Labute approximate surface area is 133 Å². The Morgan fingerprint density at radius 1 is 1.14 bits per heavy atom. The minimum atomic E-state index is 0.109. The van der Waals surface area contributed by atoms with Gasteiger partial charge in [0.1, 0.15) is 0 Å². The Hall–Kier alpha value is -1.71. The van der Waals surface area contributed by atoms with E-state index in [-0.39, 0.29) is 6.04 Å². The Kier molecular flexibility index (Phi) is 6.56. The Balaban J connectivity index is 2.13. The van der Waals surface area contributed by atoms with Crippen molar-refractivity contribution in [2.75, 3.05) is 13.7 Å². The smallest absolute Gasteiger partial charge is 0.182 e. The van der Waals surface area contributed by atoms with Crippen LogP contribution in [-0.4, -0.2) is 30.7 Å². The van der Waals surface area contributed by atoms with Gasteiger partial charge in [0.25, 0.3) is 0 Å². The van der Waals surface area contributed by atoms with E-state index in [0.717, 1.165) is 36.0 Å². The first-order valence-electron chi connectivity index (χ1n) is 8.35. The molecule has 0 heterocycles. The van der Waals surface area contributed by atoms with Gasteiger partial charge < -0.3 is 14.7 Å². The van der Waals surface area contributed by atoms with E-state index in [1.165, 1.54) is 19.3 Å². The number of hydrogen-bond donors (Lipinski definition) is 0. The lowest BCUT2D eigenvalue weighted by Crippen LogP contribution is -2.23. The van der Waals surface area contributed by atoms with Gasteiger partial charge in [0.15, 0.2) is 23.8 Å². The molecule has 122 valence electrons. The van der Waals surface area contributed by atoms with Gasteiger partial charge in [0.05, 0.1) is 13.7 Å². The van der Waals surface area contributed by atoms with Crippen molar-refractivity contribution in [2.45, 2.75) is 57.9 Å². The normalized spacial score (nSPS) is 17.6. The van der Waals surface area contributed by atoms with Crippen molar-refractivity contribution in [1.82, 2.24) is 0 Å². The van der Waals surface area contributed by atoms with Crippen molar-refractivity contribution < 1.29 is 14.2 Å². The van der Waals surface area contributed by atoms with Gasteiger partial charge in [-0.1, -0.05) is 19.3 Å². The van der Waals surface area contributed by atoms with Crippen LogP contribution in [0.2, 0.25) is 0 Å². The fourth-order valence-electron chi connectivity index (χ4n) is 2.98. The van der Waals surface area contributed by atoms with Gasteiger partial charge in [0.2, 0.25) is 0 Å². The van der Waals surface area contributed by atoms with Crippen LogP contribution in [0.3, 0.4) is 0 Å². The lowest BCUT2D eigenvalue weighted by atomic mass is 9.97. The molecule has 1 aliphatic rings. The summed E-state index contributed by atoms with van der Waals surface area (Å²) in [7, 11) is 1.62. The highest BCUT2D eigenvalue weighted by Crippen LogP contribution is 2.27. The summed E-state index contributed by atoms with van der Waals surface area (Å²) in [6.45, 7) is 2.51. The first-order valence-corrected chi connectivity index (χ1v) is 8.35. The van der Waals surface area contributed by atoms with Crippen LogP contribution < -0.4 is 9.47 Å². The van der Waals surface area contributed by atoms with Crippen LogP contribution in [0, 0.1) is 5.21 Å². The second kappa shape index (κ2) is 8.66. The van der Waals surface area contributed by atoms with Gasteiger partial charge in [-0.25, -0.2) is 4.74 Å². The minimum Gasteiger partial charge on any atom is -0.624 e. The third kappa shape index (κ3) is 4.65. The molecular formula is C18H27NO3. The molecule has 4 heteroatoms. The molecule has 0 unspecified atom stereocenters. The molecule has 0 aliphatic heterocycles. The summed E-state index contributed by atoms with van der Waals surface area (Å²) in [6, 6.07) is 5.73. The predicted molar refractivity (Wildman–Crippen MR) is 89.1 cm³/mol. The molecule has 1 aromatic carbocycles. The van der Waals surface area contributed by atoms with E-state index < -0.39 is 0 Å². The zero-order chi connectivity index (χ0) is 15.8. The number of methoxy groups -OCH3 is 1. The summed E-state index contributed by atoms with van der Waals surface area (Å²) < 4.78 is 12.0. The van der Waals surface area contributed by atoms with Crippen LogP contribution in [0.15, 0.2) is 18.2 Å². The number of hydrogen-bond acceptors (Lipinski definition) is 3. The van der Waals surface area contributed by atoms with Crippen LogP contribution in [0.1, 0.15) is 57.4 Å². The van der Waals surface area contributed by atoms with Crippen molar-refractivity contribution in [2.24, 2.45) is 0 Å². The Bertz CT molecular complexity index is 491. The second-order valence-electron chi connectivity index (χ2n) is 5.83. The summed E-state index contributed by atoms with van der Waals surface area (Å²) in [5.74, 6) is 1.38. The molecule has 22 heavy (non-hydrogen) atoms. The lowest BCUT2D eigenvalue weighted by molar-refractivity contribution is -0.499. The van der Waals surface area contributed by atoms with E-state index in [0.29, 0.717) is 18.1 Å². The highest BCUT2D eigenvalue weighted by Gasteiger charge is 2.17. The van der Waals surface area contributed by atoms with E-state index in [1.807, 2.05) is 25.1 Å². The largest absolute Gasteiger partial charge is 0.624 e. The summed E-state index contributed by atoms with van der Waals surface area (Å²) in [6.07, 6.45) is 9.81. The van der Waals surface area contributed by atoms with E-state index >= 15 is 0 Å². The van der Waals surface area contributed by atoms with E-state index in [1.54, 1.807) is 13.3 Å². The predicted octanol–water partition coefficient (Wildman–Crippen LogP) is 4.14. The van der Waals surface area contributed by atoms with Crippen molar-refractivity contribution in [1.29, 1.82) is 0 Å². The molecule has 1 aliphatic carbocycles. The maximum atomic E-state index is 12.4. The summed E-state index contributed by atoms with van der Waals surface area (Å²) in [5.41, 5.74) is 0.862. The summed E-state index contributed by atoms with van der Waals surface area (Å²) in [5, 5.41) is 12.4. The first kappa shape index (κ1) is 16.7. The van der Waals surface area contributed by atoms with Gasteiger partial charge in [0, 0.05) is 18.4 Å². The molecular weight excluding hydrogens is 278 g/mol. The number of rotatable bonds is 5. The molecule has 0 N–H and O–H groups in total. The van der Waals surface area contributed by atoms with E-state index in [2.05, 4.69) is 0 Å². The first-order chi connectivity index (χ1) is 10.7. The molecule has 2 rings (SSSR count). The molecule has 0 radical (unpaired) electrons. The average Bonchev–Trinajstić information content (AvgIpc) is 2.47. The molecule has 0 amide bonds.